The van der Waals surface area contributed by atoms with E-state index in [0.29, 0.717) is 19.4 Å². The summed E-state index contributed by atoms with van der Waals surface area (Å²) in [6.45, 7) is 4.05. The summed E-state index contributed by atoms with van der Waals surface area (Å²) in [5.74, 6) is -0.612. The molecular weight excluding hydrogens is 325 g/mol. The molecular formula is C15H19F3N4O2. The molecule has 1 aliphatic heterocycles. The first-order valence-electron chi connectivity index (χ1n) is 7.50. The second-order valence-corrected chi connectivity index (χ2v) is 5.71. The molecule has 0 aliphatic carbocycles. The molecule has 0 spiro atoms. The van der Waals surface area contributed by atoms with E-state index in [0.717, 1.165) is 12.1 Å². The molecule has 1 atom stereocenters. The van der Waals surface area contributed by atoms with Crippen molar-refractivity contribution in [2.45, 2.75) is 25.1 Å². The Morgan fingerprint density at radius 2 is 2.21 bits per heavy atom. The molecule has 0 saturated carbocycles. The van der Waals surface area contributed by atoms with Crippen LogP contribution >= 0.6 is 0 Å². The van der Waals surface area contributed by atoms with Crippen LogP contribution in [0.25, 0.3) is 0 Å². The molecule has 0 bridgehead atoms. The van der Waals surface area contributed by atoms with Crippen molar-refractivity contribution in [3.05, 3.63) is 30.6 Å². The summed E-state index contributed by atoms with van der Waals surface area (Å²) in [4.78, 5) is 26.5. The van der Waals surface area contributed by atoms with Gasteiger partial charge in [0.25, 0.3) is 0 Å². The van der Waals surface area contributed by atoms with Gasteiger partial charge < -0.3 is 9.80 Å². The van der Waals surface area contributed by atoms with E-state index in [1.807, 2.05) is 0 Å². The predicted octanol–water partition coefficient (Wildman–Crippen LogP) is 1.71. The largest absolute Gasteiger partial charge is 0.435 e. The summed E-state index contributed by atoms with van der Waals surface area (Å²) in [6, 6.07) is 0.622. The normalized spacial score (nSPS) is 18.3. The molecule has 9 heteroatoms. The van der Waals surface area contributed by atoms with Gasteiger partial charge in [-0.25, -0.2) is 0 Å². The van der Waals surface area contributed by atoms with Gasteiger partial charge in [0.1, 0.15) is 0 Å². The Balaban J connectivity index is 2.01. The molecule has 2 rings (SSSR count). The van der Waals surface area contributed by atoms with E-state index in [1.54, 1.807) is 4.90 Å². The van der Waals surface area contributed by atoms with Crippen LogP contribution in [0.1, 0.15) is 24.6 Å². The SMILES string of the molecule is C=CC(=O)N(C)CC(=O)N1CCCC(n2ccc(C(F)(F)F)n2)C1. The lowest BCUT2D eigenvalue weighted by Gasteiger charge is -2.33. The van der Waals surface area contributed by atoms with E-state index < -0.39 is 11.9 Å². The molecule has 6 nitrogen and oxygen atoms in total. The van der Waals surface area contributed by atoms with Gasteiger partial charge in [0.15, 0.2) is 5.69 Å². The molecule has 1 saturated heterocycles. The fraction of sp³-hybridized carbons (Fsp3) is 0.533. The average Bonchev–Trinajstić information content (AvgIpc) is 3.04. The van der Waals surface area contributed by atoms with E-state index in [-0.39, 0.29) is 30.9 Å². The monoisotopic (exact) mass is 344 g/mol. The molecule has 2 amide bonds. The zero-order chi connectivity index (χ0) is 17.9. The van der Waals surface area contributed by atoms with Crippen molar-refractivity contribution in [2.24, 2.45) is 0 Å². The molecule has 0 aromatic carbocycles. The number of carbonyl (C=O) groups excluding carboxylic acids is 2. The van der Waals surface area contributed by atoms with Crippen molar-refractivity contribution in [1.82, 2.24) is 19.6 Å². The lowest BCUT2D eigenvalue weighted by molar-refractivity contribution is -0.142. The van der Waals surface area contributed by atoms with Crippen molar-refractivity contribution in [1.29, 1.82) is 0 Å². The van der Waals surface area contributed by atoms with Crippen molar-refractivity contribution in [2.75, 3.05) is 26.7 Å². The summed E-state index contributed by atoms with van der Waals surface area (Å²) >= 11 is 0. The first-order valence-corrected chi connectivity index (χ1v) is 7.50. The molecule has 0 radical (unpaired) electrons. The Kier molecular flexibility index (Phi) is 5.30. The Hall–Kier alpha value is -2.32. The van der Waals surface area contributed by atoms with E-state index in [4.69, 9.17) is 0 Å². The van der Waals surface area contributed by atoms with Gasteiger partial charge in [-0.15, -0.1) is 0 Å². The molecule has 2 heterocycles. The number of hydrogen-bond acceptors (Lipinski definition) is 3. The van der Waals surface area contributed by atoms with Gasteiger partial charge in [-0.1, -0.05) is 6.58 Å². The Labute approximate surface area is 137 Å². The highest BCUT2D eigenvalue weighted by Gasteiger charge is 2.35. The van der Waals surface area contributed by atoms with Crippen molar-refractivity contribution in [3.63, 3.8) is 0 Å². The molecule has 1 aromatic heterocycles. The minimum atomic E-state index is -4.48. The maximum atomic E-state index is 12.6. The van der Waals surface area contributed by atoms with Crippen LogP contribution in [0.2, 0.25) is 0 Å². The number of piperidine rings is 1. The summed E-state index contributed by atoms with van der Waals surface area (Å²) < 4.78 is 39.2. The number of likely N-dealkylation sites (N-methyl/N-ethyl adjacent to an activating group) is 1. The van der Waals surface area contributed by atoms with Gasteiger partial charge in [-0.3, -0.25) is 14.3 Å². The molecule has 0 N–H and O–H groups in total. The summed E-state index contributed by atoms with van der Waals surface area (Å²) in [6.07, 6.45) is -0.770. The maximum absolute atomic E-state index is 12.6. The van der Waals surface area contributed by atoms with Crippen LogP contribution in [0.3, 0.4) is 0 Å². The molecule has 1 aliphatic rings. The van der Waals surface area contributed by atoms with Crippen LogP contribution in [-0.2, 0) is 15.8 Å². The second kappa shape index (κ2) is 7.06. The van der Waals surface area contributed by atoms with Gasteiger partial charge in [0, 0.05) is 26.3 Å². The van der Waals surface area contributed by atoms with Crippen LogP contribution in [0.15, 0.2) is 24.9 Å². The number of nitrogens with zero attached hydrogens (tertiary/aromatic N) is 4. The molecule has 1 unspecified atom stereocenters. The first kappa shape index (κ1) is 18.0. The lowest BCUT2D eigenvalue weighted by Crippen LogP contribution is -2.45. The number of halogens is 3. The number of rotatable bonds is 4. The van der Waals surface area contributed by atoms with Gasteiger partial charge >= 0.3 is 6.18 Å². The van der Waals surface area contributed by atoms with Crippen LogP contribution in [-0.4, -0.2) is 58.1 Å². The predicted molar refractivity (Wildman–Crippen MR) is 79.9 cm³/mol. The van der Waals surface area contributed by atoms with Crippen molar-refractivity contribution >= 4 is 11.8 Å². The Morgan fingerprint density at radius 1 is 1.50 bits per heavy atom. The van der Waals surface area contributed by atoms with Gasteiger partial charge in [-0.2, -0.15) is 18.3 Å². The molecule has 1 aromatic rings. The highest BCUT2D eigenvalue weighted by Crippen LogP contribution is 2.29. The first-order chi connectivity index (χ1) is 11.2. The minimum absolute atomic E-state index is 0.0928. The average molecular weight is 344 g/mol. The van der Waals surface area contributed by atoms with E-state index in [2.05, 4.69) is 11.7 Å². The van der Waals surface area contributed by atoms with Crippen LogP contribution < -0.4 is 0 Å². The van der Waals surface area contributed by atoms with Crippen molar-refractivity contribution < 1.29 is 22.8 Å². The summed E-state index contributed by atoms with van der Waals surface area (Å²) in [7, 11) is 1.49. The van der Waals surface area contributed by atoms with E-state index in [1.165, 1.54) is 22.8 Å². The number of alkyl halides is 3. The molecule has 1 fully saturated rings. The van der Waals surface area contributed by atoms with Crippen LogP contribution in [0, 0.1) is 0 Å². The smallest absolute Gasteiger partial charge is 0.339 e. The minimum Gasteiger partial charge on any atom is -0.339 e. The van der Waals surface area contributed by atoms with Crippen LogP contribution in [0.5, 0.6) is 0 Å². The van der Waals surface area contributed by atoms with Crippen molar-refractivity contribution in [3.8, 4) is 0 Å². The highest BCUT2D eigenvalue weighted by molar-refractivity contribution is 5.90. The highest BCUT2D eigenvalue weighted by atomic mass is 19.4. The number of likely N-dealkylation sites (tertiary alicyclic amines) is 1. The summed E-state index contributed by atoms with van der Waals surface area (Å²) in [5, 5.41) is 3.58. The third-order valence-corrected chi connectivity index (χ3v) is 3.95. The number of amides is 2. The molecule has 132 valence electrons. The second-order valence-electron chi connectivity index (χ2n) is 5.71. The fourth-order valence-corrected chi connectivity index (χ4v) is 2.63. The topological polar surface area (TPSA) is 58.4 Å². The summed E-state index contributed by atoms with van der Waals surface area (Å²) in [5.41, 5.74) is -0.942. The van der Waals surface area contributed by atoms with Gasteiger partial charge in [0.05, 0.1) is 12.6 Å². The third kappa shape index (κ3) is 4.15. The molecule has 24 heavy (non-hydrogen) atoms. The quantitative estimate of drug-likeness (QED) is 0.782. The Bertz CT molecular complexity index is 626. The Morgan fingerprint density at radius 3 is 2.79 bits per heavy atom. The zero-order valence-electron chi connectivity index (χ0n) is 13.3. The zero-order valence-corrected chi connectivity index (χ0v) is 13.3. The lowest BCUT2D eigenvalue weighted by atomic mass is 10.1. The fourth-order valence-electron chi connectivity index (χ4n) is 2.63. The van der Waals surface area contributed by atoms with Crippen LogP contribution in [0.4, 0.5) is 13.2 Å². The maximum Gasteiger partial charge on any atom is 0.435 e. The number of carbonyl (C=O) groups is 2. The van der Waals surface area contributed by atoms with E-state index >= 15 is 0 Å². The van der Waals surface area contributed by atoms with Gasteiger partial charge in [0.2, 0.25) is 11.8 Å². The standard InChI is InChI=1S/C15H19F3N4O2/c1-3-13(23)20(2)10-14(24)21-7-4-5-11(9-21)22-8-6-12(19-22)15(16,17)18/h3,6,8,11H,1,4-5,7,9-10H2,2H3. The van der Waals surface area contributed by atoms with E-state index in [9.17, 15) is 22.8 Å². The van der Waals surface area contributed by atoms with Gasteiger partial charge in [-0.05, 0) is 25.0 Å². The third-order valence-electron chi connectivity index (χ3n) is 3.95. The number of aromatic nitrogens is 2. The number of hydrogen-bond donors (Lipinski definition) is 0.